The lowest BCUT2D eigenvalue weighted by Crippen LogP contribution is -2.18. The summed E-state index contributed by atoms with van der Waals surface area (Å²) in [5.74, 6) is 1.22. The third kappa shape index (κ3) is 5.58. The highest BCUT2D eigenvalue weighted by molar-refractivity contribution is 5.87. The van der Waals surface area contributed by atoms with Gasteiger partial charge >= 0.3 is 5.97 Å². The molecule has 3 aromatic rings. The van der Waals surface area contributed by atoms with Crippen molar-refractivity contribution in [1.82, 2.24) is 15.3 Å². The van der Waals surface area contributed by atoms with E-state index >= 15 is 0 Å². The summed E-state index contributed by atoms with van der Waals surface area (Å²) in [7, 11) is 2.96. The standard InChI is InChI=1S/C26H29N3O5/c1-16-5-7-23(28-16)24-10-9-22(29-24)18-11-20(33-17(2)15-31-3)13-21(12-18)34-19-6-8-25(27-14-19)26(30)32-4/h6-14,16-17,28-29H,5,15H2,1-4H3/t16-,17-/m0/s1. The van der Waals surface area contributed by atoms with Crippen LogP contribution in [-0.4, -0.2) is 48.9 Å². The van der Waals surface area contributed by atoms with Gasteiger partial charge in [-0.25, -0.2) is 9.78 Å². The van der Waals surface area contributed by atoms with Crippen LogP contribution in [0.15, 0.2) is 54.7 Å². The summed E-state index contributed by atoms with van der Waals surface area (Å²) in [6.07, 6.45) is 4.55. The van der Waals surface area contributed by atoms with Crippen molar-refractivity contribution in [2.24, 2.45) is 0 Å². The minimum atomic E-state index is -0.500. The van der Waals surface area contributed by atoms with E-state index in [4.69, 9.17) is 18.9 Å². The maximum absolute atomic E-state index is 11.6. The Kier molecular flexibility index (Phi) is 7.18. The van der Waals surface area contributed by atoms with Gasteiger partial charge in [0.25, 0.3) is 0 Å². The molecule has 0 fully saturated rings. The van der Waals surface area contributed by atoms with E-state index < -0.39 is 5.97 Å². The van der Waals surface area contributed by atoms with Gasteiger partial charge in [0.2, 0.25) is 0 Å². The average molecular weight is 464 g/mol. The second-order valence-corrected chi connectivity index (χ2v) is 8.23. The highest BCUT2D eigenvalue weighted by Gasteiger charge is 2.16. The molecule has 2 aromatic heterocycles. The first kappa shape index (κ1) is 23.4. The monoisotopic (exact) mass is 463 g/mol. The first-order valence-electron chi connectivity index (χ1n) is 11.1. The average Bonchev–Trinajstić information content (AvgIpc) is 3.48. The maximum atomic E-state index is 11.6. The Morgan fingerprint density at radius 1 is 1.09 bits per heavy atom. The van der Waals surface area contributed by atoms with Gasteiger partial charge in [-0.05, 0) is 56.7 Å². The fourth-order valence-electron chi connectivity index (χ4n) is 3.74. The van der Waals surface area contributed by atoms with Crippen LogP contribution in [0.5, 0.6) is 17.2 Å². The minimum absolute atomic E-state index is 0.136. The van der Waals surface area contributed by atoms with Crippen LogP contribution in [0.2, 0.25) is 0 Å². The lowest BCUT2D eigenvalue weighted by atomic mass is 10.1. The molecule has 3 heterocycles. The van der Waals surface area contributed by atoms with Crippen molar-refractivity contribution in [3.8, 4) is 28.5 Å². The first-order valence-corrected chi connectivity index (χ1v) is 11.1. The number of benzene rings is 1. The SMILES string of the molecule is COC[C@H](C)Oc1cc(Oc2ccc(C(=O)OC)nc2)cc(-c2ccc(C3=CC[C@H](C)N3)[nH]2)c1. The molecule has 34 heavy (non-hydrogen) atoms. The number of rotatable bonds is 9. The fourth-order valence-corrected chi connectivity index (χ4v) is 3.74. The molecule has 2 N–H and O–H groups in total. The topological polar surface area (TPSA) is 94.7 Å². The molecule has 2 atom stereocenters. The van der Waals surface area contributed by atoms with Crippen LogP contribution in [0.3, 0.4) is 0 Å². The molecule has 1 aromatic carbocycles. The van der Waals surface area contributed by atoms with Gasteiger partial charge in [-0.1, -0.05) is 6.08 Å². The van der Waals surface area contributed by atoms with Crippen molar-refractivity contribution in [1.29, 1.82) is 0 Å². The Morgan fingerprint density at radius 3 is 2.56 bits per heavy atom. The highest BCUT2D eigenvalue weighted by atomic mass is 16.5. The third-order valence-electron chi connectivity index (χ3n) is 5.35. The van der Waals surface area contributed by atoms with Crippen LogP contribution < -0.4 is 14.8 Å². The zero-order valence-electron chi connectivity index (χ0n) is 19.8. The van der Waals surface area contributed by atoms with Crippen molar-refractivity contribution in [2.45, 2.75) is 32.4 Å². The number of aromatic nitrogens is 2. The number of nitrogens with zero attached hydrogens (tertiary/aromatic N) is 1. The Balaban J connectivity index is 1.62. The smallest absolute Gasteiger partial charge is 0.356 e. The maximum Gasteiger partial charge on any atom is 0.356 e. The Bertz CT molecular complexity index is 1170. The summed E-state index contributed by atoms with van der Waals surface area (Å²) >= 11 is 0. The molecule has 8 nitrogen and oxygen atoms in total. The third-order valence-corrected chi connectivity index (χ3v) is 5.35. The van der Waals surface area contributed by atoms with Gasteiger partial charge in [0.1, 0.15) is 29.0 Å². The van der Waals surface area contributed by atoms with E-state index in [0.717, 1.165) is 29.1 Å². The van der Waals surface area contributed by atoms with E-state index in [-0.39, 0.29) is 11.8 Å². The molecule has 0 bridgehead atoms. The number of hydrogen-bond acceptors (Lipinski definition) is 7. The molecular formula is C26H29N3O5. The van der Waals surface area contributed by atoms with Gasteiger partial charge in [0, 0.05) is 30.5 Å². The van der Waals surface area contributed by atoms with E-state index in [1.807, 2.05) is 31.2 Å². The Labute approximate surface area is 198 Å². The molecular weight excluding hydrogens is 434 g/mol. The van der Waals surface area contributed by atoms with Crippen molar-refractivity contribution >= 4 is 11.7 Å². The number of methoxy groups -OCH3 is 2. The van der Waals surface area contributed by atoms with Crippen molar-refractivity contribution in [3.05, 3.63) is 66.1 Å². The Morgan fingerprint density at radius 2 is 1.88 bits per heavy atom. The van der Waals surface area contributed by atoms with Gasteiger partial charge in [0.15, 0.2) is 0 Å². The summed E-state index contributed by atoms with van der Waals surface area (Å²) in [6.45, 7) is 4.56. The zero-order valence-corrected chi connectivity index (χ0v) is 19.8. The van der Waals surface area contributed by atoms with Crippen molar-refractivity contribution in [2.75, 3.05) is 20.8 Å². The van der Waals surface area contributed by atoms with Crippen LogP contribution >= 0.6 is 0 Å². The normalized spacial score (nSPS) is 15.9. The van der Waals surface area contributed by atoms with E-state index in [0.29, 0.717) is 29.9 Å². The molecule has 178 valence electrons. The lowest BCUT2D eigenvalue weighted by molar-refractivity contribution is 0.0594. The molecule has 0 aliphatic carbocycles. The summed E-state index contributed by atoms with van der Waals surface area (Å²) in [4.78, 5) is 19.2. The van der Waals surface area contributed by atoms with Gasteiger partial charge < -0.3 is 29.2 Å². The number of H-pyrrole nitrogens is 1. The van der Waals surface area contributed by atoms with Gasteiger partial charge in [0.05, 0.1) is 31.3 Å². The number of hydrogen-bond donors (Lipinski definition) is 2. The van der Waals surface area contributed by atoms with Crippen molar-refractivity contribution < 1.29 is 23.7 Å². The first-order chi connectivity index (χ1) is 16.4. The van der Waals surface area contributed by atoms with Crippen LogP contribution in [0.25, 0.3) is 17.0 Å². The molecule has 0 radical (unpaired) electrons. The van der Waals surface area contributed by atoms with E-state index in [1.165, 1.54) is 13.3 Å². The molecule has 0 saturated carbocycles. The molecule has 1 aliphatic heterocycles. The largest absolute Gasteiger partial charge is 0.488 e. The van der Waals surface area contributed by atoms with Crippen LogP contribution in [0.4, 0.5) is 0 Å². The predicted octanol–water partition coefficient (Wildman–Crippen LogP) is 4.79. The second-order valence-electron chi connectivity index (χ2n) is 8.23. The number of nitrogens with one attached hydrogen (secondary N) is 2. The summed E-state index contributed by atoms with van der Waals surface area (Å²) in [5.41, 5.74) is 4.20. The van der Waals surface area contributed by atoms with E-state index in [1.54, 1.807) is 19.2 Å². The molecule has 1 aliphatic rings. The number of carbonyl (C=O) groups excluding carboxylic acids is 1. The van der Waals surface area contributed by atoms with Gasteiger partial charge in [-0.15, -0.1) is 0 Å². The molecule has 4 rings (SSSR count). The van der Waals surface area contributed by atoms with E-state index in [9.17, 15) is 4.79 Å². The summed E-state index contributed by atoms with van der Waals surface area (Å²) in [6, 6.07) is 13.5. The highest BCUT2D eigenvalue weighted by Crippen LogP contribution is 2.33. The van der Waals surface area contributed by atoms with Gasteiger partial charge in [-0.2, -0.15) is 0 Å². The lowest BCUT2D eigenvalue weighted by Gasteiger charge is -2.16. The minimum Gasteiger partial charge on any atom is -0.488 e. The summed E-state index contributed by atoms with van der Waals surface area (Å²) in [5, 5.41) is 3.47. The molecule has 0 spiro atoms. The van der Waals surface area contributed by atoms with Crippen LogP contribution in [0.1, 0.15) is 36.5 Å². The number of ether oxygens (including phenoxy) is 4. The molecule has 0 amide bonds. The molecule has 8 heteroatoms. The quantitative estimate of drug-likeness (QED) is 0.441. The second kappa shape index (κ2) is 10.4. The van der Waals surface area contributed by atoms with Crippen LogP contribution in [-0.2, 0) is 9.47 Å². The number of esters is 1. The molecule has 0 saturated heterocycles. The zero-order chi connectivity index (χ0) is 24.1. The van der Waals surface area contributed by atoms with Crippen molar-refractivity contribution in [3.63, 3.8) is 0 Å². The van der Waals surface area contributed by atoms with Gasteiger partial charge in [-0.3, -0.25) is 0 Å². The van der Waals surface area contributed by atoms with Crippen LogP contribution in [0, 0.1) is 0 Å². The number of carbonyl (C=O) groups is 1. The number of aromatic amines is 1. The summed E-state index contributed by atoms with van der Waals surface area (Å²) < 4.78 is 22.0. The predicted molar refractivity (Wildman–Crippen MR) is 129 cm³/mol. The number of pyridine rings is 1. The fraction of sp³-hybridized carbons (Fsp3) is 0.308. The van der Waals surface area contributed by atoms with E-state index in [2.05, 4.69) is 34.4 Å². The Hall–Kier alpha value is -3.78. The molecule has 0 unspecified atom stereocenters.